The van der Waals surface area contributed by atoms with E-state index in [0.717, 1.165) is 27.8 Å². The molecule has 1 aromatic carbocycles. The smallest absolute Gasteiger partial charge is 0.0722 e. The molecule has 0 spiro atoms. The van der Waals surface area contributed by atoms with E-state index in [1.54, 1.807) is 0 Å². The van der Waals surface area contributed by atoms with Gasteiger partial charge in [-0.3, -0.25) is 4.98 Å². The van der Waals surface area contributed by atoms with E-state index < -0.39 is 0 Å². The third-order valence-corrected chi connectivity index (χ3v) is 2.84. The third kappa shape index (κ3) is 2.18. The Balaban J connectivity index is 2.43. The van der Waals surface area contributed by atoms with Crippen molar-refractivity contribution in [1.29, 1.82) is 0 Å². The maximum atomic E-state index is 5.90. The normalized spacial score (nSPS) is 10.2. The number of aromatic nitrogens is 1. The molecule has 0 radical (unpaired) electrons. The van der Waals surface area contributed by atoms with Crippen LogP contribution < -0.4 is 5.73 Å². The standard InChI is InChI=1S/C12H11BrN2/c13-7-10-8-15-12(6-11(10)14)9-4-2-1-3-5-9/h1-6,8H,7H2,(H2,14,15). The zero-order chi connectivity index (χ0) is 10.7. The molecule has 15 heavy (non-hydrogen) atoms. The highest BCUT2D eigenvalue weighted by molar-refractivity contribution is 9.08. The molecule has 0 saturated heterocycles. The molecule has 3 heteroatoms. The number of nitrogen functional groups attached to an aromatic ring is 1. The third-order valence-electron chi connectivity index (χ3n) is 2.24. The van der Waals surface area contributed by atoms with Gasteiger partial charge in [0.1, 0.15) is 0 Å². The lowest BCUT2D eigenvalue weighted by Gasteiger charge is -2.05. The number of halogens is 1. The predicted octanol–water partition coefficient (Wildman–Crippen LogP) is 3.23. The van der Waals surface area contributed by atoms with Crippen LogP contribution in [0.5, 0.6) is 0 Å². The van der Waals surface area contributed by atoms with E-state index >= 15 is 0 Å². The van der Waals surface area contributed by atoms with E-state index in [2.05, 4.69) is 20.9 Å². The summed E-state index contributed by atoms with van der Waals surface area (Å²) >= 11 is 3.37. The molecule has 2 rings (SSSR count). The Hall–Kier alpha value is -1.35. The van der Waals surface area contributed by atoms with E-state index in [0.29, 0.717) is 0 Å². The first kappa shape index (κ1) is 10.2. The molecule has 0 atom stereocenters. The average molecular weight is 263 g/mol. The van der Waals surface area contributed by atoms with Gasteiger partial charge in [-0.15, -0.1) is 0 Å². The number of nitrogens with two attached hydrogens (primary N) is 1. The Morgan fingerprint density at radius 2 is 1.93 bits per heavy atom. The number of rotatable bonds is 2. The molecule has 2 N–H and O–H groups in total. The molecule has 0 aliphatic carbocycles. The van der Waals surface area contributed by atoms with Crippen molar-refractivity contribution in [3.63, 3.8) is 0 Å². The molecule has 0 amide bonds. The van der Waals surface area contributed by atoms with Crippen LogP contribution >= 0.6 is 15.9 Å². The Morgan fingerprint density at radius 3 is 2.53 bits per heavy atom. The van der Waals surface area contributed by atoms with Crippen molar-refractivity contribution in [2.75, 3.05) is 5.73 Å². The number of alkyl halides is 1. The maximum Gasteiger partial charge on any atom is 0.0722 e. The van der Waals surface area contributed by atoms with Crippen molar-refractivity contribution >= 4 is 21.6 Å². The minimum absolute atomic E-state index is 0.737. The van der Waals surface area contributed by atoms with Crippen LogP contribution in [0, 0.1) is 0 Å². The Kier molecular flexibility index (Phi) is 3.02. The van der Waals surface area contributed by atoms with Crippen LogP contribution in [0.2, 0.25) is 0 Å². The fourth-order valence-corrected chi connectivity index (χ4v) is 1.85. The second kappa shape index (κ2) is 4.45. The van der Waals surface area contributed by atoms with Crippen LogP contribution in [0.15, 0.2) is 42.6 Å². The van der Waals surface area contributed by atoms with Crippen molar-refractivity contribution in [2.45, 2.75) is 5.33 Å². The van der Waals surface area contributed by atoms with E-state index in [1.807, 2.05) is 42.6 Å². The van der Waals surface area contributed by atoms with Gasteiger partial charge in [-0.2, -0.15) is 0 Å². The topological polar surface area (TPSA) is 38.9 Å². The van der Waals surface area contributed by atoms with Gasteiger partial charge in [0, 0.05) is 28.3 Å². The van der Waals surface area contributed by atoms with Crippen LogP contribution in [0.4, 0.5) is 5.69 Å². The summed E-state index contributed by atoms with van der Waals surface area (Å²) in [6.45, 7) is 0. The van der Waals surface area contributed by atoms with Gasteiger partial charge >= 0.3 is 0 Å². The van der Waals surface area contributed by atoms with Gasteiger partial charge in [-0.05, 0) is 6.07 Å². The number of hydrogen-bond donors (Lipinski definition) is 1. The molecule has 0 bridgehead atoms. The van der Waals surface area contributed by atoms with Crippen LogP contribution in [-0.4, -0.2) is 4.98 Å². The van der Waals surface area contributed by atoms with Crippen molar-refractivity contribution in [3.05, 3.63) is 48.2 Å². The molecular formula is C12H11BrN2. The number of nitrogens with zero attached hydrogens (tertiary/aromatic N) is 1. The van der Waals surface area contributed by atoms with Crippen LogP contribution in [0.3, 0.4) is 0 Å². The minimum atomic E-state index is 0.737. The average Bonchev–Trinajstić information content (AvgIpc) is 2.30. The first-order valence-electron chi connectivity index (χ1n) is 4.67. The largest absolute Gasteiger partial charge is 0.398 e. The van der Waals surface area contributed by atoms with Crippen molar-refractivity contribution in [1.82, 2.24) is 4.98 Å². The van der Waals surface area contributed by atoms with Gasteiger partial charge in [0.15, 0.2) is 0 Å². The molecule has 0 saturated carbocycles. The summed E-state index contributed by atoms with van der Waals surface area (Å²) in [5.74, 6) is 0. The lowest BCUT2D eigenvalue weighted by atomic mass is 10.1. The van der Waals surface area contributed by atoms with Crippen molar-refractivity contribution < 1.29 is 0 Å². The van der Waals surface area contributed by atoms with Gasteiger partial charge < -0.3 is 5.73 Å². The Labute approximate surface area is 97.3 Å². The zero-order valence-corrected chi connectivity index (χ0v) is 9.74. The second-order valence-electron chi connectivity index (χ2n) is 3.27. The molecule has 0 fully saturated rings. The monoisotopic (exact) mass is 262 g/mol. The number of anilines is 1. The van der Waals surface area contributed by atoms with Crippen molar-refractivity contribution in [2.24, 2.45) is 0 Å². The van der Waals surface area contributed by atoms with Crippen LogP contribution in [0.1, 0.15) is 5.56 Å². The minimum Gasteiger partial charge on any atom is -0.398 e. The zero-order valence-electron chi connectivity index (χ0n) is 8.15. The number of benzene rings is 1. The molecule has 0 aliphatic rings. The lowest BCUT2D eigenvalue weighted by Crippen LogP contribution is -1.94. The fourth-order valence-electron chi connectivity index (χ4n) is 1.38. The lowest BCUT2D eigenvalue weighted by molar-refractivity contribution is 1.26. The first-order chi connectivity index (χ1) is 7.31. The molecule has 1 heterocycles. The van der Waals surface area contributed by atoms with Crippen LogP contribution in [-0.2, 0) is 5.33 Å². The van der Waals surface area contributed by atoms with E-state index in [1.165, 1.54) is 0 Å². The van der Waals surface area contributed by atoms with E-state index in [4.69, 9.17) is 5.73 Å². The van der Waals surface area contributed by atoms with E-state index in [-0.39, 0.29) is 0 Å². The predicted molar refractivity (Wildman–Crippen MR) is 66.7 cm³/mol. The quantitative estimate of drug-likeness (QED) is 0.845. The SMILES string of the molecule is Nc1cc(-c2ccccc2)ncc1CBr. The summed E-state index contributed by atoms with van der Waals surface area (Å²) in [5.41, 5.74) is 9.70. The van der Waals surface area contributed by atoms with Gasteiger partial charge in [-0.1, -0.05) is 46.3 Å². The van der Waals surface area contributed by atoms with Gasteiger partial charge in [-0.25, -0.2) is 0 Å². The molecule has 76 valence electrons. The summed E-state index contributed by atoms with van der Waals surface area (Å²) in [5, 5.41) is 0.737. The van der Waals surface area contributed by atoms with Crippen molar-refractivity contribution in [3.8, 4) is 11.3 Å². The number of hydrogen-bond acceptors (Lipinski definition) is 2. The molecule has 2 nitrogen and oxygen atoms in total. The molecule has 1 aromatic heterocycles. The van der Waals surface area contributed by atoms with Crippen LogP contribution in [0.25, 0.3) is 11.3 Å². The summed E-state index contributed by atoms with van der Waals surface area (Å²) in [6.07, 6.45) is 1.81. The van der Waals surface area contributed by atoms with Gasteiger partial charge in [0.25, 0.3) is 0 Å². The molecule has 2 aromatic rings. The maximum absolute atomic E-state index is 5.90. The highest BCUT2D eigenvalue weighted by Crippen LogP contribution is 2.22. The summed E-state index contributed by atoms with van der Waals surface area (Å²) in [6, 6.07) is 11.9. The second-order valence-corrected chi connectivity index (χ2v) is 3.83. The summed E-state index contributed by atoms with van der Waals surface area (Å²) < 4.78 is 0. The highest BCUT2D eigenvalue weighted by atomic mass is 79.9. The summed E-state index contributed by atoms with van der Waals surface area (Å²) in [7, 11) is 0. The first-order valence-corrected chi connectivity index (χ1v) is 5.79. The summed E-state index contributed by atoms with van der Waals surface area (Å²) in [4.78, 5) is 4.37. The van der Waals surface area contributed by atoms with Gasteiger partial charge in [0.05, 0.1) is 5.69 Å². The molecule has 0 unspecified atom stereocenters. The molecular weight excluding hydrogens is 252 g/mol. The van der Waals surface area contributed by atoms with E-state index in [9.17, 15) is 0 Å². The van der Waals surface area contributed by atoms with Gasteiger partial charge in [0.2, 0.25) is 0 Å². The fraction of sp³-hybridized carbons (Fsp3) is 0.0833. The molecule has 0 aliphatic heterocycles. The highest BCUT2D eigenvalue weighted by Gasteiger charge is 2.02. The number of pyridine rings is 1. The Morgan fingerprint density at radius 1 is 1.20 bits per heavy atom. The Bertz CT molecular complexity index is 454.